The van der Waals surface area contributed by atoms with Gasteiger partial charge in [-0.25, -0.2) is 9.07 Å². The van der Waals surface area contributed by atoms with Crippen molar-refractivity contribution in [1.82, 2.24) is 9.78 Å². The monoisotopic (exact) mass is 347 g/mol. The van der Waals surface area contributed by atoms with Crippen molar-refractivity contribution in [2.24, 2.45) is 0 Å². The second kappa shape index (κ2) is 6.07. The van der Waals surface area contributed by atoms with Crippen molar-refractivity contribution in [2.75, 3.05) is 0 Å². The molecule has 1 heterocycles. The first-order valence-corrected chi connectivity index (χ1v) is 8.03. The lowest BCUT2D eigenvalue weighted by molar-refractivity contribution is -0.385. The van der Waals surface area contributed by atoms with Gasteiger partial charge in [0.25, 0.3) is 5.69 Å². The summed E-state index contributed by atoms with van der Waals surface area (Å²) in [7, 11) is 0. The van der Waals surface area contributed by atoms with E-state index in [9.17, 15) is 14.5 Å². The van der Waals surface area contributed by atoms with E-state index in [1.807, 2.05) is 43.3 Å². The molecular formula is C20H14FN3O2. The molecule has 0 saturated carbocycles. The standard InChI is InChI=1S/C20H14FN3O2/c1-13-9-16(14-5-3-2-4-6-14)17-12-23(22-19(17)10-13)20-8-7-15(24(25)26)11-18(20)21/h2-12H,1H3. The molecule has 0 radical (unpaired) electrons. The number of hydrogen-bond donors (Lipinski definition) is 0. The van der Waals surface area contributed by atoms with Gasteiger partial charge in [-0.15, -0.1) is 0 Å². The molecule has 5 nitrogen and oxygen atoms in total. The van der Waals surface area contributed by atoms with Crippen LogP contribution in [0.2, 0.25) is 0 Å². The number of aryl methyl sites for hydroxylation is 1. The SMILES string of the molecule is Cc1cc(-c2ccccc2)c2cn(-c3ccc([N+](=O)[O-])cc3F)nc2c1. The second-order valence-corrected chi connectivity index (χ2v) is 6.08. The molecule has 3 aromatic carbocycles. The molecule has 0 saturated heterocycles. The summed E-state index contributed by atoms with van der Waals surface area (Å²) in [6, 6.07) is 17.4. The van der Waals surface area contributed by atoms with E-state index in [-0.39, 0.29) is 11.4 Å². The Balaban J connectivity index is 1.90. The van der Waals surface area contributed by atoms with Gasteiger partial charge in [-0.1, -0.05) is 36.4 Å². The fourth-order valence-electron chi connectivity index (χ4n) is 3.04. The Hall–Kier alpha value is -3.54. The molecule has 0 N–H and O–H groups in total. The van der Waals surface area contributed by atoms with Gasteiger partial charge in [0.15, 0.2) is 5.82 Å². The molecule has 0 amide bonds. The Bertz CT molecular complexity index is 1140. The smallest absolute Gasteiger partial charge is 0.258 e. The Labute approximate surface area is 148 Å². The van der Waals surface area contributed by atoms with Crippen molar-refractivity contribution in [3.8, 4) is 16.8 Å². The van der Waals surface area contributed by atoms with Gasteiger partial charge < -0.3 is 0 Å². The zero-order chi connectivity index (χ0) is 18.3. The summed E-state index contributed by atoms with van der Waals surface area (Å²) in [4.78, 5) is 10.2. The molecule has 0 aliphatic carbocycles. The highest BCUT2D eigenvalue weighted by Gasteiger charge is 2.15. The normalized spacial score (nSPS) is 11.0. The van der Waals surface area contributed by atoms with Gasteiger partial charge in [0, 0.05) is 17.6 Å². The fourth-order valence-corrected chi connectivity index (χ4v) is 3.04. The number of nitrogens with zero attached hydrogens (tertiary/aromatic N) is 3. The quantitative estimate of drug-likeness (QED) is 0.385. The summed E-state index contributed by atoms with van der Waals surface area (Å²) in [5.41, 5.74) is 3.72. The van der Waals surface area contributed by atoms with E-state index in [1.165, 1.54) is 16.8 Å². The molecule has 1 aromatic heterocycles. The third-order valence-corrected chi connectivity index (χ3v) is 4.24. The third-order valence-electron chi connectivity index (χ3n) is 4.24. The molecule has 0 bridgehead atoms. The van der Waals surface area contributed by atoms with Crippen molar-refractivity contribution < 1.29 is 9.31 Å². The summed E-state index contributed by atoms with van der Waals surface area (Å²) >= 11 is 0. The van der Waals surface area contributed by atoms with Crippen LogP contribution in [-0.4, -0.2) is 14.7 Å². The van der Waals surface area contributed by atoms with Crippen LogP contribution in [0, 0.1) is 22.9 Å². The number of aromatic nitrogens is 2. The highest BCUT2D eigenvalue weighted by Crippen LogP contribution is 2.31. The number of rotatable bonds is 3. The molecule has 4 rings (SSSR count). The van der Waals surface area contributed by atoms with Gasteiger partial charge in [-0.2, -0.15) is 5.10 Å². The van der Waals surface area contributed by atoms with E-state index in [0.29, 0.717) is 0 Å². The van der Waals surface area contributed by atoms with Crippen molar-refractivity contribution in [2.45, 2.75) is 6.92 Å². The number of nitro groups is 1. The summed E-state index contributed by atoms with van der Waals surface area (Å²) in [6.45, 7) is 1.98. The van der Waals surface area contributed by atoms with Crippen LogP contribution in [0.25, 0.3) is 27.7 Å². The Morgan fingerprint density at radius 2 is 1.85 bits per heavy atom. The van der Waals surface area contributed by atoms with Crippen LogP contribution in [0.1, 0.15) is 5.56 Å². The number of halogens is 1. The van der Waals surface area contributed by atoms with Crippen LogP contribution < -0.4 is 0 Å². The molecule has 0 spiro atoms. The molecule has 128 valence electrons. The number of hydrogen-bond acceptors (Lipinski definition) is 3. The van der Waals surface area contributed by atoms with Gasteiger partial charge >= 0.3 is 0 Å². The van der Waals surface area contributed by atoms with Gasteiger partial charge in [0.2, 0.25) is 0 Å². The molecule has 0 unspecified atom stereocenters. The average molecular weight is 347 g/mol. The van der Waals surface area contributed by atoms with Crippen molar-refractivity contribution in [3.05, 3.63) is 88.4 Å². The predicted molar refractivity (Wildman–Crippen MR) is 97.9 cm³/mol. The van der Waals surface area contributed by atoms with Gasteiger partial charge in [0.1, 0.15) is 5.69 Å². The molecule has 0 fully saturated rings. The fraction of sp³-hybridized carbons (Fsp3) is 0.0500. The summed E-state index contributed by atoms with van der Waals surface area (Å²) < 4.78 is 15.8. The topological polar surface area (TPSA) is 61.0 Å². The molecular weight excluding hydrogens is 333 g/mol. The van der Waals surface area contributed by atoms with Gasteiger partial charge in [-0.05, 0) is 35.7 Å². The van der Waals surface area contributed by atoms with E-state index >= 15 is 0 Å². The summed E-state index contributed by atoms with van der Waals surface area (Å²) in [5, 5.41) is 16.2. The van der Waals surface area contributed by atoms with E-state index in [0.717, 1.165) is 33.7 Å². The first-order valence-electron chi connectivity index (χ1n) is 8.03. The van der Waals surface area contributed by atoms with Crippen molar-refractivity contribution in [3.63, 3.8) is 0 Å². The zero-order valence-electron chi connectivity index (χ0n) is 13.9. The molecule has 0 aliphatic rings. The first-order chi connectivity index (χ1) is 12.5. The van der Waals surface area contributed by atoms with Crippen molar-refractivity contribution >= 4 is 16.6 Å². The lowest BCUT2D eigenvalue weighted by Crippen LogP contribution is -1.99. The number of non-ortho nitro benzene ring substituents is 1. The molecule has 4 aromatic rings. The lowest BCUT2D eigenvalue weighted by atomic mass is 10.00. The van der Waals surface area contributed by atoms with Crippen LogP contribution in [0.5, 0.6) is 0 Å². The largest absolute Gasteiger partial charge is 0.272 e. The van der Waals surface area contributed by atoms with Crippen molar-refractivity contribution in [1.29, 1.82) is 0 Å². The minimum Gasteiger partial charge on any atom is -0.258 e. The minimum absolute atomic E-state index is 0.170. The number of fused-ring (bicyclic) bond motifs is 1. The molecule has 6 heteroatoms. The van der Waals surface area contributed by atoms with E-state index in [4.69, 9.17) is 0 Å². The first kappa shape index (κ1) is 16.0. The average Bonchev–Trinajstić information content (AvgIpc) is 3.05. The van der Waals surface area contributed by atoms with E-state index in [1.54, 1.807) is 6.20 Å². The van der Waals surface area contributed by atoms with Crippen LogP contribution in [0.15, 0.2) is 66.9 Å². The van der Waals surface area contributed by atoms with Crippen LogP contribution in [0.4, 0.5) is 10.1 Å². The lowest BCUT2D eigenvalue weighted by Gasteiger charge is -2.04. The summed E-state index contributed by atoms with van der Waals surface area (Å²) in [5.74, 6) is -0.690. The van der Waals surface area contributed by atoms with Crippen LogP contribution >= 0.6 is 0 Å². The predicted octanol–water partition coefficient (Wildman–Crippen LogP) is 5.05. The highest BCUT2D eigenvalue weighted by molar-refractivity contribution is 5.95. The van der Waals surface area contributed by atoms with Gasteiger partial charge in [-0.3, -0.25) is 10.1 Å². The number of nitro benzene ring substituents is 1. The maximum atomic E-state index is 14.4. The maximum Gasteiger partial charge on any atom is 0.272 e. The van der Waals surface area contributed by atoms with Gasteiger partial charge in [0.05, 0.1) is 16.5 Å². The third kappa shape index (κ3) is 2.71. The van der Waals surface area contributed by atoms with E-state index < -0.39 is 10.7 Å². The second-order valence-electron chi connectivity index (χ2n) is 6.08. The van der Waals surface area contributed by atoms with Crippen LogP contribution in [-0.2, 0) is 0 Å². The molecule has 0 aliphatic heterocycles. The van der Waals surface area contributed by atoms with E-state index in [2.05, 4.69) is 11.2 Å². The summed E-state index contributed by atoms with van der Waals surface area (Å²) in [6.07, 6.45) is 1.75. The molecule has 0 atom stereocenters. The maximum absolute atomic E-state index is 14.4. The number of benzene rings is 3. The molecule has 26 heavy (non-hydrogen) atoms. The Morgan fingerprint density at radius 1 is 1.08 bits per heavy atom. The Morgan fingerprint density at radius 3 is 2.54 bits per heavy atom. The minimum atomic E-state index is -0.690. The Kier molecular flexibility index (Phi) is 3.73. The highest BCUT2D eigenvalue weighted by atomic mass is 19.1. The van der Waals surface area contributed by atoms with Crippen LogP contribution in [0.3, 0.4) is 0 Å². The zero-order valence-corrected chi connectivity index (χ0v) is 13.9.